The van der Waals surface area contributed by atoms with E-state index in [2.05, 4.69) is 0 Å². The van der Waals surface area contributed by atoms with E-state index in [-0.39, 0.29) is 17.9 Å². The van der Waals surface area contributed by atoms with E-state index in [1.807, 2.05) is 38.1 Å². The van der Waals surface area contributed by atoms with E-state index in [1.54, 1.807) is 48.5 Å². The number of hydrogen-bond donors (Lipinski definition) is 0. The summed E-state index contributed by atoms with van der Waals surface area (Å²) in [5.41, 5.74) is 2.74. The van der Waals surface area contributed by atoms with E-state index in [0.717, 1.165) is 30.4 Å². The third-order valence-corrected chi connectivity index (χ3v) is 5.86. The molecule has 0 aliphatic heterocycles. The fraction of sp³-hybridized carbons (Fsp3) is 0.300. The van der Waals surface area contributed by atoms with E-state index >= 15 is 0 Å². The van der Waals surface area contributed by atoms with Gasteiger partial charge in [-0.2, -0.15) is 0 Å². The molecule has 0 saturated carbocycles. The van der Waals surface area contributed by atoms with Crippen molar-refractivity contribution in [2.75, 3.05) is 20.3 Å². The number of benzene rings is 3. The van der Waals surface area contributed by atoms with Crippen LogP contribution in [0.1, 0.15) is 53.8 Å². The highest BCUT2D eigenvalue weighted by molar-refractivity contribution is 5.91. The highest BCUT2D eigenvalue weighted by Crippen LogP contribution is 2.24. The van der Waals surface area contributed by atoms with Crippen molar-refractivity contribution < 1.29 is 33.3 Å². The van der Waals surface area contributed by atoms with Gasteiger partial charge in [0.15, 0.2) is 0 Å². The molecule has 1 unspecified atom stereocenters. The van der Waals surface area contributed by atoms with E-state index in [0.29, 0.717) is 35.8 Å². The van der Waals surface area contributed by atoms with Gasteiger partial charge in [-0.15, -0.1) is 0 Å². The Morgan fingerprint density at radius 2 is 1.22 bits per heavy atom. The number of rotatable bonds is 12. The van der Waals surface area contributed by atoms with E-state index in [1.165, 1.54) is 7.11 Å². The van der Waals surface area contributed by atoms with Gasteiger partial charge in [0, 0.05) is 0 Å². The van der Waals surface area contributed by atoms with Gasteiger partial charge >= 0.3 is 17.9 Å². The third kappa shape index (κ3) is 8.20. The zero-order valence-corrected chi connectivity index (χ0v) is 21.4. The van der Waals surface area contributed by atoms with Crippen LogP contribution in [0.3, 0.4) is 0 Å². The highest BCUT2D eigenvalue weighted by atomic mass is 16.5. The maximum Gasteiger partial charge on any atom is 0.343 e. The lowest BCUT2D eigenvalue weighted by atomic mass is 10.0. The van der Waals surface area contributed by atoms with Gasteiger partial charge in [0.2, 0.25) is 0 Å². The van der Waals surface area contributed by atoms with Gasteiger partial charge in [-0.1, -0.05) is 38.1 Å². The molecule has 7 nitrogen and oxygen atoms in total. The first-order valence-electron chi connectivity index (χ1n) is 12.3. The number of carbonyl (C=O) groups is 3. The number of esters is 3. The van der Waals surface area contributed by atoms with Gasteiger partial charge in [-0.25, -0.2) is 9.59 Å². The largest absolute Gasteiger partial charge is 0.494 e. The Kier molecular flexibility index (Phi) is 10.3. The molecule has 37 heavy (non-hydrogen) atoms. The number of ether oxygens (including phenoxy) is 4. The minimum absolute atomic E-state index is 0.0701. The van der Waals surface area contributed by atoms with E-state index in [9.17, 15) is 14.4 Å². The monoisotopic (exact) mass is 504 g/mol. The molecule has 0 fully saturated rings. The van der Waals surface area contributed by atoms with Crippen molar-refractivity contribution in [3.63, 3.8) is 0 Å². The summed E-state index contributed by atoms with van der Waals surface area (Å²) in [6, 6.07) is 21.0. The summed E-state index contributed by atoms with van der Waals surface area (Å²) in [7, 11) is 1.35. The Hall–Kier alpha value is -4.13. The molecular weight excluding hydrogens is 472 g/mol. The molecule has 0 bridgehead atoms. The number of unbranched alkanes of at least 4 members (excludes halogenated alkanes) is 1. The Morgan fingerprint density at radius 1 is 0.703 bits per heavy atom. The molecule has 0 aromatic heterocycles. The molecule has 3 aromatic rings. The van der Waals surface area contributed by atoms with Gasteiger partial charge in [-0.3, -0.25) is 4.79 Å². The van der Waals surface area contributed by atoms with Gasteiger partial charge in [0.05, 0.1) is 37.4 Å². The van der Waals surface area contributed by atoms with Crippen LogP contribution in [0.25, 0.3) is 11.1 Å². The van der Waals surface area contributed by atoms with Gasteiger partial charge < -0.3 is 18.9 Å². The number of methoxy groups -OCH3 is 1. The van der Waals surface area contributed by atoms with Crippen LogP contribution in [0.4, 0.5) is 0 Å². The summed E-state index contributed by atoms with van der Waals surface area (Å²) in [6.45, 7) is 4.69. The maximum absolute atomic E-state index is 12.5. The first-order chi connectivity index (χ1) is 17.9. The summed E-state index contributed by atoms with van der Waals surface area (Å²) in [4.78, 5) is 35.7. The minimum Gasteiger partial charge on any atom is -0.494 e. The molecular formula is C30H32O7. The molecule has 0 saturated heterocycles. The summed E-state index contributed by atoms with van der Waals surface area (Å²) in [5.74, 6) is -0.00656. The van der Waals surface area contributed by atoms with Crippen molar-refractivity contribution in [2.24, 2.45) is 5.92 Å². The highest BCUT2D eigenvalue weighted by Gasteiger charge is 2.12. The SMILES string of the molecule is CCC(C)C(=O)OCCCCOc1ccc(C(=O)Oc2ccc(-c3ccc(C(=O)OC)cc3)cc2)cc1. The first-order valence-corrected chi connectivity index (χ1v) is 12.3. The van der Waals surface area contributed by atoms with Gasteiger partial charge in [-0.05, 0) is 78.9 Å². The second-order valence-electron chi connectivity index (χ2n) is 8.54. The molecule has 0 radical (unpaired) electrons. The molecule has 0 amide bonds. The Labute approximate surface area is 217 Å². The summed E-state index contributed by atoms with van der Waals surface area (Å²) in [6.07, 6.45) is 2.25. The van der Waals surface area contributed by atoms with Crippen LogP contribution in [0.5, 0.6) is 11.5 Å². The van der Waals surface area contributed by atoms with Gasteiger partial charge in [0.25, 0.3) is 0 Å². The first kappa shape index (κ1) is 27.5. The third-order valence-electron chi connectivity index (χ3n) is 5.86. The van der Waals surface area contributed by atoms with Crippen molar-refractivity contribution in [1.82, 2.24) is 0 Å². The van der Waals surface area contributed by atoms with Crippen LogP contribution >= 0.6 is 0 Å². The summed E-state index contributed by atoms with van der Waals surface area (Å²) in [5, 5.41) is 0. The second-order valence-corrected chi connectivity index (χ2v) is 8.54. The summed E-state index contributed by atoms with van der Waals surface area (Å²) < 4.78 is 21.1. The average molecular weight is 505 g/mol. The molecule has 0 aliphatic rings. The Bertz CT molecular complexity index is 1170. The molecule has 3 aromatic carbocycles. The standard InChI is InChI=1S/C30H32O7/c1-4-21(2)28(31)36-20-6-5-19-35-26-15-13-25(14-16-26)30(33)37-27-17-11-23(12-18-27)22-7-9-24(10-8-22)29(32)34-3/h7-18,21H,4-6,19-20H2,1-3H3. The molecule has 1 atom stereocenters. The van der Waals surface area contributed by atoms with Crippen molar-refractivity contribution in [3.8, 4) is 22.6 Å². The molecule has 194 valence electrons. The van der Waals surface area contributed by atoms with Crippen LogP contribution < -0.4 is 9.47 Å². The van der Waals surface area contributed by atoms with Crippen LogP contribution in [-0.2, 0) is 14.3 Å². The van der Waals surface area contributed by atoms with Crippen molar-refractivity contribution in [2.45, 2.75) is 33.1 Å². The number of hydrogen-bond acceptors (Lipinski definition) is 7. The zero-order chi connectivity index (χ0) is 26.6. The maximum atomic E-state index is 12.5. The normalized spacial score (nSPS) is 11.3. The van der Waals surface area contributed by atoms with Crippen LogP contribution in [0, 0.1) is 5.92 Å². The summed E-state index contributed by atoms with van der Waals surface area (Å²) >= 11 is 0. The van der Waals surface area contributed by atoms with Crippen LogP contribution in [-0.4, -0.2) is 38.2 Å². The lowest BCUT2D eigenvalue weighted by Gasteiger charge is -2.10. The average Bonchev–Trinajstić information content (AvgIpc) is 2.94. The van der Waals surface area contributed by atoms with E-state index < -0.39 is 5.97 Å². The molecule has 3 rings (SSSR count). The van der Waals surface area contributed by atoms with E-state index in [4.69, 9.17) is 18.9 Å². The predicted octanol–water partition coefficient (Wildman–Crippen LogP) is 6.11. The molecule has 0 aliphatic carbocycles. The Balaban J connectivity index is 1.43. The van der Waals surface area contributed by atoms with Gasteiger partial charge in [0.1, 0.15) is 11.5 Å². The van der Waals surface area contributed by atoms with Crippen LogP contribution in [0.15, 0.2) is 72.8 Å². The smallest absolute Gasteiger partial charge is 0.343 e. The molecule has 0 heterocycles. The molecule has 0 N–H and O–H groups in total. The molecule has 7 heteroatoms. The second kappa shape index (κ2) is 13.8. The fourth-order valence-corrected chi connectivity index (χ4v) is 3.36. The topological polar surface area (TPSA) is 88.1 Å². The van der Waals surface area contributed by atoms with Crippen LogP contribution in [0.2, 0.25) is 0 Å². The fourth-order valence-electron chi connectivity index (χ4n) is 3.36. The minimum atomic E-state index is -0.468. The lowest BCUT2D eigenvalue weighted by Crippen LogP contribution is -2.15. The van der Waals surface area contributed by atoms with Crippen molar-refractivity contribution in [3.05, 3.63) is 83.9 Å². The number of carbonyl (C=O) groups excluding carboxylic acids is 3. The Morgan fingerprint density at radius 3 is 1.81 bits per heavy atom. The predicted molar refractivity (Wildman–Crippen MR) is 140 cm³/mol. The van der Waals surface area contributed by atoms with Crippen molar-refractivity contribution >= 4 is 17.9 Å². The lowest BCUT2D eigenvalue weighted by molar-refractivity contribution is -0.148. The zero-order valence-electron chi connectivity index (χ0n) is 21.4. The van der Waals surface area contributed by atoms with Crippen molar-refractivity contribution in [1.29, 1.82) is 0 Å². The quantitative estimate of drug-likeness (QED) is 0.167. The molecule has 0 spiro atoms.